The molecule has 2 aromatic carbocycles. The predicted molar refractivity (Wildman–Crippen MR) is 139 cm³/mol. The number of carbonyl (C=O) groups is 1. The van der Waals surface area contributed by atoms with Gasteiger partial charge in [-0.2, -0.15) is 28.1 Å². The minimum absolute atomic E-state index is 0.0404. The van der Waals surface area contributed by atoms with Crippen molar-refractivity contribution in [3.8, 4) is 5.75 Å². The smallest absolute Gasteiger partial charge is 0.416 e. The van der Waals surface area contributed by atoms with Crippen LogP contribution in [0.3, 0.4) is 0 Å². The van der Waals surface area contributed by atoms with E-state index in [-0.39, 0.29) is 17.9 Å². The maximum atomic E-state index is 12.8. The van der Waals surface area contributed by atoms with Gasteiger partial charge in [-0.1, -0.05) is 19.1 Å². The van der Waals surface area contributed by atoms with Gasteiger partial charge in [-0.3, -0.25) is 4.79 Å². The molecular formula is C26H31F3N6O3. The molecule has 12 heteroatoms. The minimum atomic E-state index is -4.42. The zero-order valence-corrected chi connectivity index (χ0v) is 21.3. The highest BCUT2D eigenvalue weighted by Crippen LogP contribution is 2.30. The van der Waals surface area contributed by atoms with Crippen LogP contribution in [-0.2, 0) is 17.4 Å². The molecule has 3 rings (SSSR count). The third-order valence-corrected chi connectivity index (χ3v) is 5.42. The Labute approximate surface area is 218 Å². The van der Waals surface area contributed by atoms with Crippen LogP contribution in [-0.4, -0.2) is 45.2 Å². The van der Waals surface area contributed by atoms with Gasteiger partial charge in [0.05, 0.1) is 18.0 Å². The number of hydrogen-bond acceptors (Lipinski definition) is 8. The van der Waals surface area contributed by atoms with Crippen LogP contribution < -0.4 is 20.7 Å². The lowest BCUT2D eigenvalue weighted by atomic mass is 9.97. The van der Waals surface area contributed by atoms with Gasteiger partial charge in [0.1, 0.15) is 12.4 Å². The number of carboxylic acids is 1. The first-order valence-corrected chi connectivity index (χ1v) is 12.2. The van der Waals surface area contributed by atoms with Crippen molar-refractivity contribution in [1.82, 2.24) is 15.0 Å². The van der Waals surface area contributed by atoms with E-state index in [2.05, 4.69) is 30.9 Å². The van der Waals surface area contributed by atoms with Gasteiger partial charge in [-0.25, -0.2) is 0 Å². The summed E-state index contributed by atoms with van der Waals surface area (Å²) in [6, 6.07) is 11.9. The summed E-state index contributed by atoms with van der Waals surface area (Å²) in [6.45, 7) is 6.35. The van der Waals surface area contributed by atoms with Crippen molar-refractivity contribution in [2.45, 2.75) is 45.8 Å². The number of alkyl halides is 3. The molecule has 0 aliphatic carbocycles. The third-order valence-electron chi connectivity index (χ3n) is 5.42. The van der Waals surface area contributed by atoms with Crippen molar-refractivity contribution in [1.29, 1.82) is 0 Å². The van der Waals surface area contributed by atoms with Gasteiger partial charge in [0.15, 0.2) is 0 Å². The molecule has 204 valence electrons. The fraction of sp³-hybridized carbons (Fsp3) is 0.385. The number of hydrogen-bond donors (Lipinski definition) is 4. The second kappa shape index (κ2) is 12.9. The number of halogens is 3. The van der Waals surface area contributed by atoms with Gasteiger partial charge in [0, 0.05) is 11.7 Å². The lowest BCUT2D eigenvalue weighted by Crippen LogP contribution is -2.18. The second-order valence-electron chi connectivity index (χ2n) is 8.87. The Kier molecular flexibility index (Phi) is 9.69. The molecule has 9 nitrogen and oxygen atoms in total. The van der Waals surface area contributed by atoms with Gasteiger partial charge < -0.3 is 25.8 Å². The molecule has 1 unspecified atom stereocenters. The minimum Gasteiger partial charge on any atom is -0.492 e. The number of rotatable bonds is 13. The van der Waals surface area contributed by atoms with Crippen LogP contribution in [0.5, 0.6) is 5.75 Å². The van der Waals surface area contributed by atoms with Gasteiger partial charge in [-0.05, 0) is 68.7 Å². The maximum absolute atomic E-state index is 12.8. The molecule has 0 saturated carbocycles. The van der Waals surface area contributed by atoms with Crippen molar-refractivity contribution >= 4 is 29.5 Å². The Morgan fingerprint density at radius 2 is 1.61 bits per heavy atom. The van der Waals surface area contributed by atoms with Crippen LogP contribution in [0.1, 0.15) is 38.3 Å². The molecule has 3 aromatic rings. The molecule has 0 saturated heterocycles. The quantitative estimate of drug-likeness (QED) is 0.209. The van der Waals surface area contributed by atoms with E-state index in [0.717, 1.165) is 17.7 Å². The zero-order chi connectivity index (χ0) is 27.7. The summed E-state index contributed by atoms with van der Waals surface area (Å²) in [4.78, 5) is 24.2. The number of anilines is 4. The van der Waals surface area contributed by atoms with Crippen molar-refractivity contribution in [3.63, 3.8) is 0 Å². The van der Waals surface area contributed by atoms with Crippen molar-refractivity contribution in [2.24, 2.45) is 5.92 Å². The van der Waals surface area contributed by atoms with Crippen molar-refractivity contribution < 1.29 is 27.8 Å². The molecule has 1 aromatic heterocycles. The number of ether oxygens (including phenoxy) is 1. The third kappa shape index (κ3) is 8.79. The molecule has 4 N–H and O–H groups in total. The van der Waals surface area contributed by atoms with Crippen molar-refractivity contribution in [2.75, 3.05) is 29.1 Å². The normalized spacial score (nSPS) is 12.2. The Bertz CT molecular complexity index is 1190. The molecule has 0 aliphatic heterocycles. The summed E-state index contributed by atoms with van der Waals surface area (Å²) in [5, 5.41) is 18.3. The first-order chi connectivity index (χ1) is 18.0. The molecule has 1 atom stereocenters. The molecule has 38 heavy (non-hydrogen) atoms. The lowest BCUT2D eigenvalue weighted by Gasteiger charge is -2.14. The molecule has 0 aliphatic rings. The van der Waals surface area contributed by atoms with Gasteiger partial charge >= 0.3 is 12.1 Å². The first kappa shape index (κ1) is 28.5. The van der Waals surface area contributed by atoms with Gasteiger partial charge in [-0.15, -0.1) is 0 Å². The van der Waals surface area contributed by atoms with E-state index in [1.54, 1.807) is 12.1 Å². The summed E-state index contributed by atoms with van der Waals surface area (Å²) in [5.41, 5.74) is 0.572. The molecule has 0 spiro atoms. The molecule has 0 amide bonds. The Morgan fingerprint density at radius 3 is 2.18 bits per heavy atom. The highest BCUT2D eigenvalue weighted by atomic mass is 19.4. The number of aliphatic carboxylic acids is 1. The number of benzene rings is 2. The van der Waals surface area contributed by atoms with Gasteiger partial charge in [0.2, 0.25) is 17.8 Å². The molecular weight excluding hydrogens is 501 g/mol. The van der Waals surface area contributed by atoms with E-state index in [0.29, 0.717) is 43.4 Å². The van der Waals surface area contributed by atoms with E-state index in [1.807, 2.05) is 32.9 Å². The number of nitrogens with one attached hydrogen (secondary N) is 3. The number of nitrogens with zero attached hydrogens (tertiary/aromatic N) is 3. The second-order valence-corrected chi connectivity index (χ2v) is 8.87. The van der Waals surface area contributed by atoms with Gasteiger partial charge in [0.25, 0.3) is 0 Å². The average Bonchev–Trinajstić information content (AvgIpc) is 2.85. The van der Waals surface area contributed by atoms with Crippen molar-refractivity contribution in [3.05, 3.63) is 59.7 Å². The standard InChI is InChI=1S/C26H31F3N6O3/c1-4-18(22(36)37)15-17-5-11-21(12-6-17)38-14-13-30-23-33-24(31-16(2)3)35-25(34-23)32-20-9-7-19(8-10-20)26(27,28)29/h5-12,16,18H,4,13-15H2,1-3H3,(H,36,37)(H3,30,31,32,33,34,35). The predicted octanol–water partition coefficient (Wildman–Crippen LogP) is 5.60. The lowest BCUT2D eigenvalue weighted by molar-refractivity contribution is -0.141. The summed E-state index contributed by atoms with van der Waals surface area (Å²) in [7, 11) is 0. The summed E-state index contributed by atoms with van der Waals surface area (Å²) in [6.07, 6.45) is -3.39. The number of carboxylic acid groups (broad SMARTS) is 1. The highest BCUT2D eigenvalue weighted by Gasteiger charge is 2.30. The summed E-state index contributed by atoms with van der Waals surface area (Å²) >= 11 is 0. The summed E-state index contributed by atoms with van der Waals surface area (Å²) in [5.74, 6) is 0.141. The van der Waals surface area contributed by atoms with Crippen LogP contribution in [0.4, 0.5) is 36.7 Å². The van der Waals surface area contributed by atoms with E-state index in [1.165, 1.54) is 12.1 Å². The summed E-state index contributed by atoms with van der Waals surface area (Å²) < 4.78 is 44.2. The van der Waals surface area contributed by atoms with Crippen LogP contribution in [0, 0.1) is 5.92 Å². The van der Waals surface area contributed by atoms with Crippen LogP contribution in [0.25, 0.3) is 0 Å². The van der Waals surface area contributed by atoms with Crippen LogP contribution >= 0.6 is 0 Å². The largest absolute Gasteiger partial charge is 0.492 e. The molecule has 1 heterocycles. The van der Waals surface area contributed by atoms with Crippen LogP contribution in [0.2, 0.25) is 0 Å². The van der Waals surface area contributed by atoms with E-state index in [4.69, 9.17) is 4.74 Å². The monoisotopic (exact) mass is 532 g/mol. The SMILES string of the molecule is CCC(Cc1ccc(OCCNc2nc(Nc3ccc(C(F)(F)F)cc3)nc(NC(C)C)n2)cc1)C(=O)O. The fourth-order valence-corrected chi connectivity index (χ4v) is 3.45. The topological polar surface area (TPSA) is 121 Å². The maximum Gasteiger partial charge on any atom is 0.416 e. The zero-order valence-electron chi connectivity index (χ0n) is 21.3. The number of aromatic nitrogens is 3. The molecule has 0 bridgehead atoms. The Hall–Kier alpha value is -4.09. The highest BCUT2D eigenvalue weighted by molar-refractivity contribution is 5.70. The van der Waals surface area contributed by atoms with E-state index < -0.39 is 23.6 Å². The first-order valence-electron chi connectivity index (χ1n) is 12.2. The average molecular weight is 533 g/mol. The van der Waals surface area contributed by atoms with E-state index in [9.17, 15) is 23.1 Å². The Morgan fingerprint density at radius 1 is 0.974 bits per heavy atom. The Balaban J connectivity index is 1.59. The molecule has 0 fully saturated rings. The van der Waals surface area contributed by atoms with Crippen LogP contribution in [0.15, 0.2) is 48.5 Å². The molecule has 0 radical (unpaired) electrons. The van der Waals surface area contributed by atoms with E-state index >= 15 is 0 Å². The fourth-order valence-electron chi connectivity index (χ4n) is 3.45.